The van der Waals surface area contributed by atoms with E-state index in [1.54, 1.807) is 12.4 Å². The zero-order chi connectivity index (χ0) is 13.0. The largest absolute Gasteiger partial charge is 0.344 e. The van der Waals surface area contributed by atoms with E-state index in [1.165, 1.54) is 0 Å². The van der Waals surface area contributed by atoms with E-state index in [0.29, 0.717) is 12.5 Å². The SMILES string of the molecule is CC(CN)(Nc1ncc(Br)cn1)c1ccccc1. The minimum atomic E-state index is -0.380. The molecular weight excluding hydrogens is 292 g/mol. The second-order valence-corrected chi connectivity index (χ2v) is 5.17. The van der Waals surface area contributed by atoms with E-state index in [2.05, 4.69) is 31.2 Å². The number of nitrogens with two attached hydrogens (primary N) is 1. The lowest BCUT2D eigenvalue weighted by Gasteiger charge is -2.29. The van der Waals surface area contributed by atoms with Crippen molar-refractivity contribution >= 4 is 21.9 Å². The number of hydrogen-bond acceptors (Lipinski definition) is 4. The first-order valence-electron chi connectivity index (χ1n) is 5.65. The molecule has 18 heavy (non-hydrogen) atoms. The van der Waals surface area contributed by atoms with Crippen molar-refractivity contribution in [2.24, 2.45) is 5.73 Å². The van der Waals surface area contributed by atoms with Crippen molar-refractivity contribution in [1.82, 2.24) is 9.97 Å². The number of hydrogen-bond donors (Lipinski definition) is 2. The monoisotopic (exact) mass is 306 g/mol. The molecule has 2 aromatic rings. The minimum Gasteiger partial charge on any atom is -0.344 e. The fourth-order valence-electron chi connectivity index (χ4n) is 1.67. The predicted molar refractivity (Wildman–Crippen MR) is 76.2 cm³/mol. The van der Waals surface area contributed by atoms with Crippen LogP contribution in [0.15, 0.2) is 47.2 Å². The van der Waals surface area contributed by atoms with Crippen LogP contribution in [0.2, 0.25) is 0 Å². The topological polar surface area (TPSA) is 63.8 Å². The van der Waals surface area contributed by atoms with E-state index in [4.69, 9.17) is 5.73 Å². The molecule has 94 valence electrons. The van der Waals surface area contributed by atoms with Crippen molar-refractivity contribution in [3.05, 3.63) is 52.8 Å². The number of benzene rings is 1. The smallest absolute Gasteiger partial charge is 0.223 e. The van der Waals surface area contributed by atoms with Gasteiger partial charge in [0.1, 0.15) is 0 Å². The summed E-state index contributed by atoms with van der Waals surface area (Å²) in [6.45, 7) is 2.49. The van der Waals surface area contributed by atoms with Crippen LogP contribution in [0.1, 0.15) is 12.5 Å². The van der Waals surface area contributed by atoms with Crippen LogP contribution in [0, 0.1) is 0 Å². The van der Waals surface area contributed by atoms with Gasteiger partial charge in [0.05, 0.1) is 10.0 Å². The number of anilines is 1. The summed E-state index contributed by atoms with van der Waals surface area (Å²) in [6, 6.07) is 10.1. The maximum absolute atomic E-state index is 5.89. The summed E-state index contributed by atoms with van der Waals surface area (Å²) < 4.78 is 0.849. The Bertz CT molecular complexity index is 500. The third kappa shape index (κ3) is 2.86. The summed E-state index contributed by atoms with van der Waals surface area (Å²) in [5.41, 5.74) is 6.62. The molecule has 1 heterocycles. The van der Waals surface area contributed by atoms with Crippen molar-refractivity contribution in [2.75, 3.05) is 11.9 Å². The molecule has 2 rings (SSSR count). The maximum Gasteiger partial charge on any atom is 0.223 e. The summed E-state index contributed by atoms with van der Waals surface area (Å²) in [7, 11) is 0. The normalized spacial score (nSPS) is 13.9. The Morgan fingerprint density at radius 3 is 2.39 bits per heavy atom. The van der Waals surface area contributed by atoms with Crippen molar-refractivity contribution < 1.29 is 0 Å². The molecule has 0 saturated carbocycles. The molecule has 1 aromatic heterocycles. The first-order valence-corrected chi connectivity index (χ1v) is 6.45. The molecule has 0 bridgehead atoms. The van der Waals surface area contributed by atoms with E-state index >= 15 is 0 Å². The fourth-order valence-corrected chi connectivity index (χ4v) is 1.88. The van der Waals surface area contributed by atoms with Gasteiger partial charge in [-0.2, -0.15) is 0 Å². The van der Waals surface area contributed by atoms with Crippen LogP contribution in [-0.2, 0) is 5.54 Å². The van der Waals surface area contributed by atoms with Gasteiger partial charge in [-0.25, -0.2) is 9.97 Å². The Hall–Kier alpha value is -1.46. The number of aromatic nitrogens is 2. The third-order valence-electron chi connectivity index (χ3n) is 2.83. The van der Waals surface area contributed by atoms with Gasteiger partial charge in [0.15, 0.2) is 0 Å². The Labute approximate surface area is 115 Å². The molecule has 0 aliphatic rings. The van der Waals surface area contributed by atoms with Crippen molar-refractivity contribution in [1.29, 1.82) is 0 Å². The van der Waals surface area contributed by atoms with Gasteiger partial charge in [-0.1, -0.05) is 30.3 Å². The first kappa shape index (κ1) is 13.0. The molecule has 1 atom stereocenters. The molecule has 0 saturated heterocycles. The number of halogens is 1. The van der Waals surface area contributed by atoms with Crippen molar-refractivity contribution in [3.63, 3.8) is 0 Å². The second-order valence-electron chi connectivity index (χ2n) is 4.25. The van der Waals surface area contributed by atoms with E-state index in [1.807, 2.05) is 37.3 Å². The van der Waals surface area contributed by atoms with Gasteiger partial charge in [-0.05, 0) is 28.4 Å². The van der Waals surface area contributed by atoms with E-state index < -0.39 is 0 Å². The summed E-state index contributed by atoms with van der Waals surface area (Å²) in [6.07, 6.45) is 3.41. The predicted octanol–water partition coefficient (Wildman–Crippen LogP) is 2.53. The molecule has 0 spiro atoms. The van der Waals surface area contributed by atoms with Gasteiger partial charge < -0.3 is 11.1 Å². The molecule has 1 unspecified atom stereocenters. The highest BCUT2D eigenvalue weighted by Crippen LogP contribution is 2.23. The minimum absolute atomic E-state index is 0.380. The molecule has 0 amide bonds. The zero-order valence-electron chi connectivity index (χ0n) is 10.1. The zero-order valence-corrected chi connectivity index (χ0v) is 11.7. The number of nitrogens with one attached hydrogen (secondary N) is 1. The van der Waals surface area contributed by atoms with Gasteiger partial charge in [0, 0.05) is 18.9 Å². The molecular formula is C13H15BrN4. The van der Waals surface area contributed by atoms with Gasteiger partial charge in [0.25, 0.3) is 0 Å². The average Bonchev–Trinajstić information content (AvgIpc) is 2.42. The molecule has 1 aromatic carbocycles. The van der Waals surface area contributed by atoms with Crippen LogP contribution in [0.5, 0.6) is 0 Å². The van der Waals surface area contributed by atoms with Crippen LogP contribution >= 0.6 is 15.9 Å². The van der Waals surface area contributed by atoms with Crippen LogP contribution < -0.4 is 11.1 Å². The summed E-state index contributed by atoms with van der Waals surface area (Å²) >= 11 is 3.31. The molecule has 0 fully saturated rings. The quantitative estimate of drug-likeness (QED) is 0.911. The lowest BCUT2D eigenvalue weighted by atomic mass is 9.92. The Kier molecular flexibility index (Phi) is 3.93. The molecule has 5 heteroatoms. The van der Waals surface area contributed by atoms with Crippen LogP contribution in [0.3, 0.4) is 0 Å². The Morgan fingerprint density at radius 2 is 1.83 bits per heavy atom. The number of nitrogens with zero attached hydrogens (tertiary/aromatic N) is 2. The van der Waals surface area contributed by atoms with Crippen LogP contribution in [0.4, 0.5) is 5.95 Å². The van der Waals surface area contributed by atoms with E-state index in [9.17, 15) is 0 Å². The van der Waals surface area contributed by atoms with Gasteiger partial charge in [-0.3, -0.25) is 0 Å². The maximum atomic E-state index is 5.89. The van der Waals surface area contributed by atoms with E-state index in [-0.39, 0.29) is 5.54 Å². The van der Waals surface area contributed by atoms with Crippen molar-refractivity contribution in [3.8, 4) is 0 Å². The number of rotatable bonds is 4. The molecule has 0 radical (unpaired) electrons. The highest BCUT2D eigenvalue weighted by Gasteiger charge is 2.25. The lowest BCUT2D eigenvalue weighted by Crippen LogP contribution is -2.40. The fraction of sp³-hybridized carbons (Fsp3) is 0.231. The highest BCUT2D eigenvalue weighted by molar-refractivity contribution is 9.10. The highest BCUT2D eigenvalue weighted by atomic mass is 79.9. The van der Waals surface area contributed by atoms with Crippen LogP contribution in [0.25, 0.3) is 0 Å². The van der Waals surface area contributed by atoms with Crippen LogP contribution in [-0.4, -0.2) is 16.5 Å². The van der Waals surface area contributed by atoms with E-state index in [0.717, 1.165) is 10.0 Å². The summed E-state index contributed by atoms with van der Waals surface area (Å²) in [5, 5.41) is 3.28. The van der Waals surface area contributed by atoms with Gasteiger partial charge in [-0.15, -0.1) is 0 Å². The summed E-state index contributed by atoms with van der Waals surface area (Å²) in [5.74, 6) is 0.565. The standard InChI is InChI=1S/C13H15BrN4/c1-13(9-15,10-5-3-2-4-6-10)18-12-16-7-11(14)8-17-12/h2-8H,9,15H2,1H3,(H,16,17,18). The second kappa shape index (κ2) is 5.46. The summed E-state index contributed by atoms with van der Waals surface area (Å²) in [4.78, 5) is 8.42. The average molecular weight is 307 g/mol. The Morgan fingerprint density at radius 1 is 1.22 bits per heavy atom. The van der Waals surface area contributed by atoms with Gasteiger partial charge in [0.2, 0.25) is 5.95 Å². The Balaban J connectivity index is 2.26. The third-order valence-corrected chi connectivity index (χ3v) is 3.24. The van der Waals surface area contributed by atoms with Crippen molar-refractivity contribution in [2.45, 2.75) is 12.5 Å². The molecule has 0 aliphatic heterocycles. The lowest BCUT2D eigenvalue weighted by molar-refractivity contribution is 0.550. The molecule has 0 aliphatic carbocycles. The first-order chi connectivity index (χ1) is 8.64. The molecule has 4 nitrogen and oxygen atoms in total. The molecule has 3 N–H and O–H groups in total. The van der Waals surface area contributed by atoms with Gasteiger partial charge >= 0.3 is 0 Å².